The van der Waals surface area contributed by atoms with Crippen LogP contribution in [0.25, 0.3) is 11.0 Å². The molecule has 110 valence electrons. The van der Waals surface area contributed by atoms with Crippen LogP contribution >= 0.6 is 11.6 Å². The Morgan fingerprint density at radius 2 is 2.10 bits per heavy atom. The summed E-state index contributed by atoms with van der Waals surface area (Å²) in [5.41, 5.74) is 1.61. The van der Waals surface area contributed by atoms with Gasteiger partial charge in [0.25, 0.3) is 0 Å². The molecule has 0 aliphatic rings. The number of rotatable bonds is 5. The van der Waals surface area contributed by atoms with Gasteiger partial charge in [-0.2, -0.15) is 0 Å². The van der Waals surface area contributed by atoms with E-state index in [-0.39, 0.29) is 5.82 Å². The maximum Gasteiger partial charge on any atom is 0.125 e. The van der Waals surface area contributed by atoms with Crippen LogP contribution in [0.5, 0.6) is 0 Å². The fourth-order valence-electron chi connectivity index (χ4n) is 2.53. The van der Waals surface area contributed by atoms with E-state index in [1.165, 1.54) is 12.1 Å². The normalized spacial score (nSPS) is 11.4. The fourth-order valence-corrected chi connectivity index (χ4v) is 2.70. The molecule has 2 aromatic heterocycles. The summed E-state index contributed by atoms with van der Waals surface area (Å²) in [6, 6.07) is 4.70. The van der Waals surface area contributed by atoms with E-state index in [0.717, 1.165) is 30.1 Å². The van der Waals surface area contributed by atoms with Gasteiger partial charge in [-0.3, -0.25) is 0 Å². The summed E-state index contributed by atoms with van der Waals surface area (Å²) in [5, 5.41) is 0. The third-order valence-corrected chi connectivity index (χ3v) is 3.78. The van der Waals surface area contributed by atoms with Gasteiger partial charge in [0.05, 0.1) is 11.0 Å². The van der Waals surface area contributed by atoms with Crippen LogP contribution in [0.2, 0.25) is 0 Å². The highest BCUT2D eigenvalue weighted by atomic mass is 35.5. The van der Waals surface area contributed by atoms with Gasteiger partial charge in [0, 0.05) is 50.8 Å². The first-order valence-corrected chi connectivity index (χ1v) is 7.39. The summed E-state index contributed by atoms with van der Waals surface area (Å²) >= 11 is 5.85. The van der Waals surface area contributed by atoms with Crippen LogP contribution in [0.1, 0.15) is 11.6 Å². The summed E-state index contributed by atoms with van der Waals surface area (Å²) < 4.78 is 17.4. The molecule has 0 aliphatic heterocycles. The van der Waals surface area contributed by atoms with Crippen molar-refractivity contribution in [2.75, 3.05) is 5.88 Å². The number of fused-ring (bicyclic) bond motifs is 1. The number of nitrogens with zero attached hydrogens (tertiary/aromatic N) is 4. The number of alkyl halides is 1. The summed E-state index contributed by atoms with van der Waals surface area (Å²) in [7, 11) is 1.98. The van der Waals surface area contributed by atoms with Gasteiger partial charge in [-0.25, -0.2) is 14.4 Å². The second-order valence-corrected chi connectivity index (χ2v) is 5.33. The Labute approximate surface area is 127 Å². The minimum Gasteiger partial charge on any atom is -0.338 e. The monoisotopic (exact) mass is 306 g/mol. The SMILES string of the molecule is Cn1ccnc1CCn1c(CCCl)nc2cc(F)ccc21. The molecule has 0 fully saturated rings. The maximum atomic E-state index is 13.3. The number of hydrogen-bond donors (Lipinski definition) is 0. The van der Waals surface area contributed by atoms with Crippen LogP contribution in [0.15, 0.2) is 30.6 Å². The summed E-state index contributed by atoms with van der Waals surface area (Å²) in [6.45, 7) is 0.749. The number of hydrogen-bond acceptors (Lipinski definition) is 2. The van der Waals surface area contributed by atoms with Crippen molar-refractivity contribution in [3.8, 4) is 0 Å². The zero-order chi connectivity index (χ0) is 14.8. The highest BCUT2D eigenvalue weighted by Gasteiger charge is 2.12. The molecule has 0 N–H and O–H groups in total. The molecule has 0 aliphatic carbocycles. The molecule has 0 saturated heterocycles. The van der Waals surface area contributed by atoms with Crippen LogP contribution in [-0.2, 0) is 26.4 Å². The maximum absolute atomic E-state index is 13.3. The van der Waals surface area contributed by atoms with E-state index in [1.54, 1.807) is 12.3 Å². The van der Waals surface area contributed by atoms with Gasteiger partial charge >= 0.3 is 0 Å². The highest BCUT2D eigenvalue weighted by molar-refractivity contribution is 6.17. The van der Waals surface area contributed by atoms with Gasteiger partial charge in [0.15, 0.2) is 0 Å². The van der Waals surface area contributed by atoms with Gasteiger partial charge in [-0.15, -0.1) is 11.6 Å². The predicted molar refractivity (Wildman–Crippen MR) is 81.0 cm³/mol. The summed E-state index contributed by atoms with van der Waals surface area (Å²) in [6.07, 6.45) is 5.17. The Morgan fingerprint density at radius 1 is 1.24 bits per heavy atom. The number of imidazole rings is 2. The summed E-state index contributed by atoms with van der Waals surface area (Å²) in [4.78, 5) is 8.83. The lowest BCUT2D eigenvalue weighted by Gasteiger charge is -2.08. The molecular formula is C15H16ClFN4. The van der Waals surface area contributed by atoms with Crippen LogP contribution in [-0.4, -0.2) is 25.0 Å². The molecule has 0 spiro atoms. The van der Waals surface area contributed by atoms with E-state index in [9.17, 15) is 4.39 Å². The fraction of sp³-hybridized carbons (Fsp3) is 0.333. The molecule has 0 saturated carbocycles. The molecule has 21 heavy (non-hydrogen) atoms. The third-order valence-electron chi connectivity index (χ3n) is 3.59. The number of aryl methyl sites for hydroxylation is 4. The van der Waals surface area contributed by atoms with Gasteiger partial charge in [-0.1, -0.05) is 0 Å². The Balaban J connectivity index is 1.95. The molecule has 0 radical (unpaired) electrons. The Kier molecular flexibility index (Phi) is 3.92. The molecule has 0 atom stereocenters. The van der Waals surface area contributed by atoms with Crippen LogP contribution in [0.3, 0.4) is 0 Å². The molecule has 0 bridgehead atoms. The third kappa shape index (κ3) is 2.78. The van der Waals surface area contributed by atoms with E-state index >= 15 is 0 Å². The van der Waals surface area contributed by atoms with Gasteiger partial charge in [-0.05, 0) is 12.1 Å². The Morgan fingerprint density at radius 3 is 2.81 bits per heavy atom. The largest absolute Gasteiger partial charge is 0.338 e. The number of halogens is 2. The van der Waals surface area contributed by atoms with Crippen molar-refractivity contribution in [2.45, 2.75) is 19.4 Å². The number of benzene rings is 1. The Hall–Kier alpha value is -1.88. The van der Waals surface area contributed by atoms with E-state index in [0.29, 0.717) is 17.8 Å². The van der Waals surface area contributed by atoms with Crippen molar-refractivity contribution in [1.82, 2.24) is 19.1 Å². The second-order valence-electron chi connectivity index (χ2n) is 4.96. The van der Waals surface area contributed by atoms with Crippen molar-refractivity contribution in [3.05, 3.63) is 48.1 Å². The highest BCUT2D eigenvalue weighted by Crippen LogP contribution is 2.19. The molecule has 1 aromatic carbocycles. The van der Waals surface area contributed by atoms with Crippen molar-refractivity contribution in [1.29, 1.82) is 0 Å². The van der Waals surface area contributed by atoms with Crippen molar-refractivity contribution in [3.63, 3.8) is 0 Å². The number of aromatic nitrogens is 4. The molecular weight excluding hydrogens is 291 g/mol. The first-order chi connectivity index (χ1) is 10.2. The lowest BCUT2D eigenvalue weighted by atomic mass is 10.3. The minimum absolute atomic E-state index is 0.270. The first-order valence-electron chi connectivity index (χ1n) is 6.86. The zero-order valence-electron chi connectivity index (χ0n) is 11.8. The molecule has 3 rings (SSSR count). The lowest BCUT2D eigenvalue weighted by molar-refractivity contribution is 0.628. The molecule has 3 aromatic rings. The van der Waals surface area contributed by atoms with E-state index < -0.39 is 0 Å². The van der Waals surface area contributed by atoms with Crippen LogP contribution < -0.4 is 0 Å². The first kappa shape index (κ1) is 14.1. The van der Waals surface area contributed by atoms with Crippen LogP contribution in [0, 0.1) is 5.82 Å². The van der Waals surface area contributed by atoms with Crippen LogP contribution in [0.4, 0.5) is 4.39 Å². The van der Waals surface area contributed by atoms with E-state index in [2.05, 4.69) is 14.5 Å². The van der Waals surface area contributed by atoms with Crippen molar-refractivity contribution >= 4 is 22.6 Å². The molecule has 2 heterocycles. The summed E-state index contributed by atoms with van der Waals surface area (Å²) in [5.74, 6) is 2.12. The van der Waals surface area contributed by atoms with Crippen molar-refractivity contribution < 1.29 is 4.39 Å². The predicted octanol–water partition coefficient (Wildman–Crippen LogP) is 2.93. The van der Waals surface area contributed by atoms with E-state index in [4.69, 9.17) is 11.6 Å². The zero-order valence-corrected chi connectivity index (χ0v) is 12.5. The van der Waals surface area contributed by atoms with Gasteiger partial charge < -0.3 is 9.13 Å². The molecule has 0 amide bonds. The standard InChI is InChI=1S/C15H16ClFN4/c1-20-9-7-18-14(20)5-8-21-13-3-2-11(17)10-12(13)19-15(21)4-6-16/h2-3,7,9-10H,4-6,8H2,1H3. The average Bonchev–Trinajstić information content (AvgIpc) is 3.00. The lowest BCUT2D eigenvalue weighted by Crippen LogP contribution is -2.09. The van der Waals surface area contributed by atoms with Crippen molar-refractivity contribution in [2.24, 2.45) is 7.05 Å². The second kappa shape index (κ2) is 5.85. The quantitative estimate of drug-likeness (QED) is 0.679. The Bertz CT molecular complexity index is 762. The topological polar surface area (TPSA) is 35.6 Å². The smallest absolute Gasteiger partial charge is 0.125 e. The minimum atomic E-state index is -0.270. The van der Waals surface area contributed by atoms with Gasteiger partial charge in [0.1, 0.15) is 17.5 Å². The van der Waals surface area contributed by atoms with E-state index in [1.807, 2.05) is 17.8 Å². The molecule has 4 nitrogen and oxygen atoms in total. The molecule has 0 unspecified atom stereocenters. The molecule has 6 heteroatoms. The average molecular weight is 307 g/mol. The van der Waals surface area contributed by atoms with Gasteiger partial charge in [0.2, 0.25) is 0 Å².